The maximum atomic E-state index is 12.4. The number of hydrogen-bond donors (Lipinski definition) is 12. The Morgan fingerprint density at radius 2 is 1.32 bits per heavy atom. The topological polar surface area (TPSA) is 335 Å². The molecule has 4 saturated carbocycles. The summed E-state index contributed by atoms with van der Waals surface area (Å²) in [4.78, 5) is 0. The van der Waals surface area contributed by atoms with Gasteiger partial charge in [-0.1, -0.05) is 46.8 Å². The van der Waals surface area contributed by atoms with Crippen LogP contribution in [0.15, 0.2) is 12.2 Å². The van der Waals surface area contributed by atoms with Crippen molar-refractivity contribution in [2.45, 2.75) is 247 Å². The summed E-state index contributed by atoms with van der Waals surface area (Å²) in [6, 6.07) is 0. The summed E-state index contributed by atoms with van der Waals surface area (Å²) in [7, 11) is 0. The van der Waals surface area contributed by atoms with Crippen LogP contribution in [0.3, 0.4) is 0 Å². The van der Waals surface area contributed by atoms with E-state index in [9.17, 15) is 61.3 Å². The number of aliphatic hydroxyl groups is 12. The molecule has 10 aliphatic rings. The third kappa shape index (κ3) is 8.96. The van der Waals surface area contributed by atoms with Gasteiger partial charge < -0.3 is 109 Å². The Labute approximate surface area is 444 Å². The Morgan fingerprint density at radius 3 is 1.99 bits per heavy atom. The molecule has 6 heterocycles. The lowest BCUT2D eigenvalue weighted by Gasteiger charge is -2.70. The van der Waals surface area contributed by atoms with Crippen LogP contribution in [0, 0.1) is 51.2 Å². The molecule has 4 aliphatic carbocycles. The lowest BCUT2D eigenvalue weighted by molar-refractivity contribution is -0.384. The summed E-state index contributed by atoms with van der Waals surface area (Å²) < 4.78 is 61.1. The summed E-state index contributed by atoms with van der Waals surface area (Å²) >= 11 is 0. The number of rotatable bonds is 13. The van der Waals surface area contributed by atoms with E-state index in [4.69, 9.17) is 47.4 Å². The molecule has 6 aliphatic heterocycles. The Balaban J connectivity index is 0.805. The number of hydrogen-bond acceptors (Lipinski definition) is 22. The van der Waals surface area contributed by atoms with Crippen LogP contribution in [-0.4, -0.2) is 228 Å². The molecule has 22 nitrogen and oxygen atoms in total. The third-order valence-electron chi connectivity index (χ3n) is 21.7. The van der Waals surface area contributed by atoms with Crippen LogP contribution in [0.1, 0.15) is 107 Å². The van der Waals surface area contributed by atoms with Gasteiger partial charge in [-0.15, -0.1) is 0 Å². The molecule has 0 amide bonds. The second kappa shape index (κ2) is 20.6. The molecule has 31 unspecified atom stereocenters. The monoisotopic (exact) mass is 1090 g/mol. The van der Waals surface area contributed by atoms with Gasteiger partial charge in [-0.05, 0) is 106 Å². The third-order valence-corrected chi connectivity index (χ3v) is 21.7. The van der Waals surface area contributed by atoms with Gasteiger partial charge in [0.1, 0.15) is 85.5 Å². The summed E-state index contributed by atoms with van der Waals surface area (Å²) in [6.07, 6.45) is -24.8. The summed E-state index contributed by atoms with van der Waals surface area (Å²) in [5.41, 5.74) is -0.775. The SMILES string of the molecule is C=C(C)C(C)CC1OC23CC4(CO2)C(CCC2C5(C)CCC(OC6OC(CO)C(O)C(OC7OC(C)C(O)C(OC8OC(COC9OCC(O)C(O)C9O)C(O)C(O)C8O)C7O)C6O)C(C)(C)C5CCC24C)C3C1(C)O. The van der Waals surface area contributed by atoms with Gasteiger partial charge in [0, 0.05) is 17.8 Å². The van der Waals surface area contributed by atoms with Crippen molar-refractivity contribution < 1.29 is 109 Å². The van der Waals surface area contributed by atoms with Crippen molar-refractivity contribution in [3.8, 4) is 0 Å². The van der Waals surface area contributed by atoms with Crippen LogP contribution in [0.4, 0.5) is 0 Å². The molecule has 76 heavy (non-hydrogen) atoms. The zero-order valence-corrected chi connectivity index (χ0v) is 45.2. The number of allylic oxidation sites excluding steroid dienone is 1. The molecular formula is C54H88O22. The Kier molecular flexibility index (Phi) is 15.8. The van der Waals surface area contributed by atoms with Crippen molar-refractivity contribution in [1.29, 1.82) is 0 Å². The number of fused-ring (bicyclic) bond motifs is 4. The zero-order valence-electron chi connectivity index (χ0n) is 45.2. The van der Waals surface area contributed by atoms with Crippen molar-refractivity contribution in [3.63, 3.8) is 0 Å². The van der Waals surface area contributed by atoms with Gasteiger partial charge in [0.2, 0.25) is 0 Å². The van der Waals surface area contributed by atoms with Gasteiger partial charge in [-0.25, -0.2) is 0 Å². The first-order valence-corrected chi connectivity index (χ1v) is 27.9. The maximum Gasteiger partial charge on any atom is 0.187 e. The van der Waals surface area contributed by atoms with Crippen LogP contribution in [-0.2, 0) is 47.4 Å². The van der Waals surface area contributed by atoms with Gasteiger partial charge in [-0.3, -0.25) is 0 Å². The lowest BCUT2D eigenvalue weighted by atomic mass is 9.35. The lowest BCUT2D eigenvalue weighted by Crippen LogP contribution is -2.67. The Morgan fingerprint density at radius 1 is 0.684 bits per heavy atom. The van der Waals surface area contributed by atoms with E-state index in [-0.39, 0.29) is 52.6 Å². The molecule has 10 rings (SSSR count). The quantitative estimate of drug-likeness (QED) is 0.0783. The highest BCUT2D eigenvalue weighted by Crippen LogP contribution is 2.81. The van der Waals surface area contributed by atoms with E-state index >= 15 is 0 Å². The molecule has 0 aromatic rings. The van der Waals surface area contributed by atoms with Crippen molar-refractivity contribution in [1.82, 2.24) is 0 Å². The first-order chi connectivity index (χ1) is 35.6. The minimum absolute atomic E-state index is 0.0853. The smallest absolute Gasteiger partial charge is 0.187 e. The molecule has 0 aromatic carbocycles. The highest BCUT2D eigenvalue weighted by Gasteiger charge is 2.83. The van der Waals surface area contributed by atoms with Gasteiger partial charge in [0.05, 0.1) is 50.3 Å². The largest absolute Gasteiger partial charge is 0.394 e. The van der Waals surface area contributed by atoms with Crippen molar-refractivity contribution >= 4 is 0 Å². The molecule has 12 N–H and O–H groups in total. The average molecular weight is 1090 g/mol. The molecule has 10 fully saturated rings. The number of ether oxygens (including phenoxy) is 10. The van der Waals surface area contributed by atoms with E-state index in [0.29, 0.717) is 25.4 Å². The molecule has 6 saturated heterocycles. The summed E-state index contributed by atoms with van der Waals surface area (Å²) in [6.45, 7) is 20.0. The van der Waals surface area contributed by atoms with Crippen LogP contribution < -0.4 is 0 Å². The second-order valence-electron chi connectivity index (χ2n) is 26.2. The molecule has 31 atom stereocenters. The van der Waals surface area contributed by atoms with Crippen LogP contribution in [0.25, 0.3) is 0 Å². The van der Waals surface area contributed by atoms with Crippen molar-refractivity contribution in [3.05, 3.63) is 12.2 Å². The van der Waals surface area contributed by atoms with Crippen LogP contribution in [0.2, 0.25) is 0 Å². The van der Waals surface area contributed by atoms with Gasteiger partial charge in [0.15, 0.2) is 30.9 Å². The normalized spacial score (nSPS) is 57.0. The fourth-order valence-corrected chi connectivity index (χ4v) is 17.2. The predicted octanol–water partition coefficient (Wildman–Crippen LogP) is -0.935. The first kappa shape index (κ1) is 58.1. The van der Waals surface area contributed by atoms with Gasteiger partial charge in [-0.2, -0.15) is 0 Å². The molecule has 0 radical (unpaired) electrons. The average Bonchev–Trinajstić information content (AvgIpc) is 4.17. The minimum atomic E-state index is -1.94. The first-order valence-electron chi connectivity index (χ1n) is 27.9. The molecule has 2 spiro atoms. The van der Waals surface area contributed by atoms with Crippen LogP contribution in [0.5, 0.6) is 0 Å². The van der Waals surface area contributed by atoms with Gasteiger partial charge >= 0.3 is 0 Å². The predicted molar refractivity (Wildman–Crippen MR) is 261 cm³/mol. The van der Waals surface area contributed by atoms with Crippen molar-refractivity contribution in [2.75, 3.05) is 26.4 Å². The van der Waals surface area contributed by atoms with E-state index in [1.165, 1.54) is 6.92 Å². The standard InChI is InChI=1S/C54H88O22/c1-22(2)23(3)16-32-52(9,66)44-25-10-11-30-50(7)14-13-31(49(5,6)29(50)12-15-51(30,8)53(25)20-54(44,76-32)69-21-53)73-48-41(65)43(36(60)27(17-55)71-48)75-47-40(64)42(33(57)24(4)70-47)74-46-39(63)37(61)35(59)28(72-46)19-68-45-38(62)34(58)26(56)18-67-45/h23-48,55-66H,1,10-21H2,2-9H3. The van der Waals surface area contributed by atoms with Crippen LogP contribution >= 0.6 is 0 Å². The Hall–Kier alpha value is -1.14. The maximum absolute atomic E-state index is 12.4. The minimum Gasteiger partial charge on any atom is -0.394 e. The van der Waals surface area contributed by atoms with E-state index < -0.39 is 153 Å². The van der Waals surface area contributed by atoms with E-state index in [2.05, 4.69) is 41.2 Å². The molecular weight excluding hydrogens is 1000 g/mol. The molecule has 0 aromatic heterocycles. The van der Waals surface area contributed by atoms with Crippen molar-refractivity contribution in [2.24, 2.45) is 51.2 Å². The van der Waals surface area contributed by atoms with E-state index in [1.54, 1.807) is 0 Å². The highest BCUT2D eigenvalue weighted by molar-refractivity contribution is 5.27. The van der Waals surface area contributed by atoms with Gasteiger partial charge in [0.25, 0.3) is 0 Å². The molecule has 436 valence electrons. The Bertz CT molecular complexity index is 2080. The fraction of sp³-hybridized carbons (Fsp3) is 0.963. The highest BCUT2D eigenvalue weighted by atomic mass is 16.8. The van der Waals surface area contributed by atoms with E-state index in [1.807, 2.05) is 13.8 Å². The zero-order chi connectivity index (χ0) is 55.1. The molecule has 2 bridgehead atoms. The summed E-state index contributed by atoms with van der Waals surface area (Å²) in [5, 5.41) is 132. The summed E-state index contributed by atoms with van der Waals surface area (Å²) in [5.74, 6) is 0.0630. The number of aliphatic hydroxyl groups excluding tert-OH is 11. The second-order valence-corrected chi connectivity index (χ2v) is 26.2. The molecule has 22 heteroatoms. The van der Waals surface area contributed by atoms with E-state index in [0.717, 1.165) is 44.1 Å². The fourth-order valence-electron chi connectivity index (χ4n) is 17.2.